The van der Waals surface area contributed by atoms with E-state index in [1.54, 1.807) is 12.3 Å². The van der Waals surface area contributed by atoms with E-state index in [4.69, 9.17) is 22.2 Å². The first kappa shape index (κ1) is 13.4. The van der Waals surface area contributed by atoms with Gasteiger partial charge in [-0.25, -0.2) is 10.4 Å². The van der Waals surface area contributed by atoms with Crippen LogP contribution < -0.4 is 16.0 Å². The SMILES string of the molecule is NNC(c1ccc(OC2CC2)cc1)c1ccnc(Cl)c1. The van der Waals surface area contributed by atoms with Gasteiger partial charge in [-0.15, -0.1) is 0 Å². The van der Waals surface area contributed by atoms with Crippen molar-refractivity contribution in [2.24, 2.45) is 5.84 Å². The lowest BCUT2D eigenvalue weighted by molar-refractivity contribution is 0.303. The highest BCUT2D eigenvalue weighted by molar-refractivity contribution is 6.29. The van der Waals surface area contributed by atoms with E-state index >= 15 is 0 Å². The van der Waals surface area contributed by atoms with Crippen molar-refractivity contribution < 1.29 is 4.74 Å². The Hall–Kier alpha value is -1.62. The summed E-state index contributed by atoms with van der Waals surface area (Å²) in [6.07, 6.45) is 4.39. The second-order valence-electron chi connectivity index (χ2n) is 4.90. The number of pyridine rings is 1. The van der Waals surface area contributed by atoms with Gasteiger partial charge in [0, 0.05) is 6.20 Å². The van der Waals surface area contributed by atoms with Crippen LogP contribution in [0.2, 0.25) is 5.15 Å². The Bertz CT molecular complexity index is 584. The van der Waals surface area contributed by atoms with Gasteiger partial charge in [-0.1, -0.05) is 23.7 Å². The average Bonchev–Trinajstić information content (AvgIpc) is 3.26. The molecule has 0 amide bonds. The number of nitrogens with one attached hydrogen (secondary N) is 1. The van der Waals surface area contributed by atoms with Crippen molar-refractivity contribution in [3.63, 3.8) is 0 Å². The first-order valence-electron chi connectivity index (χ1n) is 6.60. The summed E-state index contributed by atoms with van der Waals surface area (Å²) in [5.74, 6) is 6.57. The van der Waals surface area contributed by atoms with Gasteiger partial charge in [0.25, 0.3) is 0 Å². The number of halogens is 1. The zero-order valence-electron chi connectivity index (χ0n) is 10.9. The second kappa shape index (κ2) is 5.79. The van der Waals surface area contributed by atoms with Crippen molar-refractivity contribution in [1.29, 1.82) is 0 Å². The maximum absolute atomic E-state index is 5.92. The molecule has 0 spiro atoms. The zero-order chi connectivity index (χ0) is 13.9. The fourth-order valence-corrected chi connectivity index (χ4v) is 2.28. The Morgan fingerprint density at radius 1 is 1.20 bits per heavy atom. The summed E-state index contributed by atoms with van der Waals surface area (Å²) >= 11 is 5.92. The molecule has 1 aliphatic rings. The van der Waals surface area contributed by atoms with E-state index < -0.39 is 0 Å². The van der Waals surface area contributed by atoms with Gasteiger partial charge in [-0.3, -0.25) is 5.84 Å². The molecule has 5 heteroatoms. The van der Waals surface area contributed by atoms with Crippen molar-refractivity contribution in [2.45, 2.75) is 25.0 Å². The van der Waals surface area contributed by atoms with Crippen LogP contribution in [0.25, 0.3) is 0 Å². The summed E-state index contributed by atoms with van der Waals surface area (Å²) in [7, 11) is 0. The van der Waals surface area contributed by atoms with Crippen LogP contribution in [0.3, 0.4) is 0 Å². The third-order valence-electron chi connectivity index (χ3n) is 3.29. The Labute approximate surface area is 122 Å². The predicted molar refractivity (Wildman–Crippen MR) is 78.5 cm³/mol. The highest BCUT2D eigenvalue weighted by Gasteiger charge is 2.23. The molecule has 1 atom stereocenters. The van der Waals surface area contributed by atoms with Crippen molar-refractivity contribution in [3.8, 4) is 5.75 Å². The molecule has 1 heterocycles. The second-order valence-corrected chi connectivity index (χ2v) is 5.29. The van der Waals surface area contributed by atoms with Gasteiger partial charge in [-0.05, 0) is 48.2 Å². The lowest BCUT2D eigenvalue weighted by Crippen LogP contribution is -2.28. The highest BCUT2D eigenvalue weighted by atomic mass is 35.5. The van der Waals surface area contributed by atoms with Crippen molar-refractivity contribution in [2.75, 3.05) is 0 Å². The Kier molecular flexibility index (Phi) is 3.87. The summed E-state index contributed by atoms with van der Waals surface area (Å²) < 4.78 is 5.74. The number of ether oxygens (including phenoxy) is 1. The Morgan fingerprint density at radius 3 is 2.55 bits per heavy atom. The standard InChI is InChI=1S/C15H16ClN3O/c16-14-9-11(7-8-18-14)15(19-17)10-1-3-12(4-2-10)20-13-5-6-13/h1-4,7-9,13,15,19H,5-6,17H2. The van der Waals surface area contributed by atoms with E-state index in [2.05, 4.69) is 10.4 Å². The van der Waals surface area contributed by atoms with Gasteiger partial charge in [-0.2, -0.15) is 0 Å². The topological polar surface area (TPSA) is 60.2 Å². The molecule has 1 aromatic carbocycles. The normalized spacial score (nSPS) is 15.9. The molecular weight excluding hydrogens is 274 g/mol. The van der Waals surface area contributed by atoms with Crippen LogP contribution >= 0.6 is 11.6 Å². The molecule has 1 fully saturated rings. The molecule has 3 rings (SSSR count). The minimum Gasteiger partial charge on any atom is -0.490 e. The minimum absolute atomic E-state index is 0.120. The van der Waals surface area contributed by atoms with Crippen LogP contribution in [0.15, 0.2) is 42.6 Å². The summed E-state index contributed by atoms with van der Waals surface area (Å²) in [6, 6.07) is 11.5. The van der Waals surface area contributed by atoms with E-state index in [0.717, 1.165) is 29.7 Å². The molecule has 1 aliphatic carbocycles. The highest BCUT2D eigenvalue weighted by Crippen LogP contribution is 2.29. The molecule has 1 unspecified atom stereocenters. The van der Waals surface area contributed by atoms with Crippen LogP contribution in [-0.4, -0.2) is 11.1 Å². The van der Waals surface area contributed by atoms with Crippen LogP contribution in [0.1, 0.15) is 30.0 Å². The Morgan fingerprint density at radius 2 is 1.95 bits per heavy atom. The van der Waals surface area contributed by atoms with Gasteiger partial charge in [0.2, 0.25) is 0 Å². The van der Waals surface area contributed by atoms with E-state index in [0.29, 0.717) is 11.3 Å². The quantitative estimate of drug-likeness (QED) is 0.505. The van der Waals surface area contributed by atoms with Gasteiger partial charge < -0.3 is 4.74 Å². The van der Waals surface area contributed by atoms with Crippen molar-refractivity contribution in [3.05, 3.63) is 58.9 Å². The number of nitrogens with two attached hydrogens (primary N) is 1. The molecule has 2 aromatic rings. The van der Waals surface area contributed by atoms with Crippen LogP contribution in [0, 0.1) is 0 Å². The first-order valence-corrected chi connectivity index (χ1v) is 6.98. The molecule has 0 saturated heterocycles. The number of hydrogen-bond acceptors (Lipinski definition) is 4. The predicted octanol–water partition coefficient (Wildman–Crippen LogP) is 2.83. The van der Waals surface area contributed by atoms with E-state index in [1.165, 1.54) is 0 Å². The van der Waals surface area contributed by atoms with Crippen LogP contribution in [-0.2, 0) is 0 Å². The molecule has 4 nitrogen and oxygen atoms in total. The average molecular weight is 290 g/mol. The van der Waals surface area contributed by atoms with Crippen LogP contribution in [0.5, 0.6) is 5.75 Å². The minimum atomic E-state index is -0.120. The lowest BCUT2D eigenvalue weighted by Gasteiger charge is -2.17. The maximum atomic E-state index is 5.92. The molecule has 3 N–H and O–H groups in total. The van der Waals surface area contributed by atoms with Crippen LogP contribution in [0.4, 0.5) is 0 Å². The number of benzene rings is 1. The monoisotopic (exact) mass is 289 g/mol. The number of hydrogen-bond donors (Lipinski definition) is 2. The lowest BCUT2D eigenvalue weighted by atomic mass is 10.0. The molecule has 0 radical (unpaired) electrons. The fraction of sp³-hybridized carbons (Fsp3) is 0.267. The zero-order valence-corrected chi connectivity index (χ0v) is 11.7. The summed E-state index contributed by atoms with van der Waals surface area (Å²) in [6.45, 7) is 0. The maximum Gasteiger partial charge on any atom is 0.129 e. The van der Waals surface area contributed by atoms with Gasteiger partial charge in [0.1, 0.15) is 10.9 Å². The van der Waals surface area contributed by atoms with Gasteiger partial charge in [0.05, 0.1) is 12.1 Å². The molecule has 0 aliphatic heterocycles. The third kappa shape index (κ3) is 3.10. The van der Waals surface area contributed by atoms with Crippen molar-refractivity contribution >= 4 is 11.6 Å². The number of aromatic nitrogens is 1. The summed E-state index contributed by atoms with van der Waals surface area (Å²) in [5.41, 5.74) is 4.84. The van der Waals surface area contributed by atoms with Gasteiger partial charge >= 0.3 is 0 Å². The van der Waals surface area contributed by atoms with Gasteiger partial charge in [0.15, 0.2) is 0 Å². The number of nitrogens with zero attached hydrogens (tertiary/aromatic N) is 1. The molecule has 0 bridgehead atoms. The summed E-state index contributed by atoms with van der Waals surface area (Å²) in [4.78, 5) is 3.98. The first-order chi connectivity index (χ1) is 9.76. The number of rotatable bonds is 5. The number of hydrazine groups is 1. The summed E-state index contributed by atoms with van der Waals surface area (Å²) in [5, 5.41) is 0.455. The van der Waals surface area contributed by atoms with E-state index in [1.807, 2.05) is 30.3 Å². The van der Waals surface area contributed by atoms with Crippen molar-refractivity contribution in [1.82, 2.24) is 10.4 Å². The third-order valence-corrected chi connectivity index (χ3v) is 3.50. The molecule has 1 aromatic heterocycles. The van der Waals surface area contributed by atoms with E-state index in [-0.39, 0.29) is 6.04 Å². The molecule has 104 valence electrons. The Balaban J connectivity index is 1.81. The largest absolute Gasteiger partial charge is 0.490 e. The smallest absolute Gasteiger partial charge is 0.129 e. The molecule has 1 saturated carbocycles. The van der Waals surface area contributed by atoms with E-state index in [9.17, 15) is 0 Å². The molecule has 20 heavy (non-hydrogen) atoms. The fourth-order valence-electron chi connectivity index (χ4n) is 2.10. The molecular formula is C15H16ClN3O.